The molecule has 1 aromatic rings. The summed E-state index contributed by atoms with van der Waals surface area (Å²) >= 11 is 0. The Labute approximate surface area is 103 Å². The van der Waals surface area contributed by atoms with Crippen molar-refractivity contribution >= 4 is 5.97 Å². The van der Waals surface area contributed by atoms with Crippen molar-refractivity contribution in [1.29, 1.82) is 0 Å². The number of rotatable bonds is 4. The molecule has 1 atom stereocenters. The third kappa shape index (κ3) is 4.19. The lowest BCUT2D eigenvalue weighted by Gasteiger charge is -2.20. The van der Waals surface area contributed by atoms with Crippen molar-refractivity contribution in [3.05, 3.63) is 35.4 Å². The Morgan fingerprint density at radius 1 is 1.29 bits per heavy atom. The van der Waals surface area contributed by atoms with Crippen LogP contribution in [-0.4, -0.2) is 11.1 Å². The molecular weight excluding hydrogens is 214 g/mol. The second-order valence-electron chi connectivity index (χ2n) is 5.41. The first-order valence-corrected chi connectivity index (χ1v) is 5.88. The first-order chi connectivity index (χ1) is 7.80. The van der Waals surface area contributed by atoms with Crippen LogP contribution in [0.3, 0.4) is 0 Å². The maximum atomic E-state index is 10.5. The molecule has 0 aliphatic rings. The van der Waals surface area contributed by atoms with E-state index in [9.17, 15) is 4.79 Å². The summed E-state index contributed by atoms with van der Waals surface area (Å²) in [5.41, 5.74) is 8.32. The Morgan fingerprint density at radius 2 is 1.82 bits per heavy atom. The van der Waals surface area contributed by atoms with Gasteiger partial charge in [-0.3, -0.25) is 4.79 Å². The molecule has 3 nitrogen and oxygen atoms in total. The number of aliphatic carboxylic acids is 1. The standard InChI is InChI=1S/C14H21NO2/c1-14(2,3)11-6-4-10(5-7-11)12(15)8-9-13(16)17/h4-7,12H,8-9,15H2,1-3H3,(H,16,17). The second kappa shape index (κ2) is 5.32. The van der Waals surface area contributed by atoms with Crippen molar-refractivity contribution in [3.63, 3.8) is 0 Å². The van der Waals surface area contributed by atoms with Gasteiger partial charge in [-0.15, -0.1) is 0 Å². The highest BCUT2D eigenvalue weighted by Crippen LogP contribution is 2.24. The molecular formula is C14H21NO2. The molecule has 0 aromatic heterocycles. The van der Waals surface area contributed by atoms with Crippen molar-refractivity contribution < 1.29 is 9.90 Å². The summed E-state index contributed by atoms with van der Waals surface area (Å²) in [5, 5.41) is 8.60. The molecule has 17 heavy (non-hydrogen) atoms. The highest BCUT2D eigenvalue weighted by Gasteiger charge is 2.14. The number of hydrogen-bond acceptors (Lipinski definition) is 2. The Hall–Kier alpha value is -1.35. The average molecular weight is 235 g/mol. The molecule has 0 saturated carbocycles. The van der Waals surface area contributed by atoms with Crippen LogP contribution >= 0.6 is 0 Å². The Balaban J connectivity index is 2.70. The molecule has 0 heterocycles. The predicted octanol–water partition coefficient (Wildman–Crippen LogP) is 2.85. The van der Waals surface area contributed by atoms with E-state index < -0.39 is 5.97 Å². The number of carboxylic acids is 1. The van der Waals surface area contributed by atoms with E-state index >= 15 is 0 Å². The van der Waals surface area contributed by atoms with E-state index in [2.05, 4.69) is 32.9 Å². The molecule has 0 spiro atoms. The lowest BCUT2D eigenvalue weighted by Crippen LogP contribution is -2.14. The molecule has 1 aromatic carbocycles. The zero-order valence-corrected chi connectivity index (χ0v) is 10.7. The van der Waals surface area contributed by atoms with Crippen LogP contribution < -0.4 is 5.73 Å². The van der Waals surface area contributed by atoms with Crippen LogP contribution in [-0.2, 0) is 10.2 Å². The molecule has 0 radical (unpaired) electrons. The number of carbonyl (C=O) groups is 1. The van der Waals surface area contributed by atoms with Crippen molar-refractivity contribution in [2.24, 2.45) is 5.73 Å². The minimum atomic E-state index is -0.799. The topological polar surface area (TPSA) is 63.3 Å². The average Bonchev–Trinajstić information content (AvgIpc) is 2.25. The minimum absolute atomic E-state index is 0.113. The van der Waals surface area contributed by atoms with E-state index in [1.54, 1.807) is 0 Å². The lowest BCUT2D eigenvalue weighted by atomic mass is 9.86. The number of benzene rings is 1. The van der Waals surface area contributed by atoms with E-state index in [0.29, 0.717) is 6.42 Å². The van der Waals surface area contributed by atoms with E-state index in [4.69, 9.17) is 10.8 Å². The van der Waals surface area contributed by atoms with Crippen molar-refractivity contribution in [1.82, 2.24) is 0 Å². The van der Waals surface area contributed by atoms with Crippen LogP contribution in [0, 0.1) is 0 Å². The summed E-state index contributed by atoms with van der Waals surface area (Å²) in [6, 6.07) is 7.92. The van der Waals surface area contributed by atoms with Crippen LogP contribution in [0.25, 0.3) is 0 Å². The summed E-state index contributed by atoms with van der Waals surface area (Å²) in [7, 11) is 0. The summed E-state index contributed by atoms with van der Waals surface area (Å²) in [4.78, 5) is 10.5. The van der Waals surface area contributed by atoms with Gasteiger partial charge in [-0.2, -0.15) is 0 Å². The van der Waals surface area contributed by atoms with Crippen LogP contribution in [0.15, 0.2) is 24.3 Å². The first-order valence-electron chi connectivity index (χ1n) is 5.88. The summed E-state index contributed by atoms with van der Waals surface area (Å²) in [6.07, 6.45) is 0.590. The van der Waals surface area contributed by atoms with Crippen LogP contribution in [0.4, 0.5) is 0 Å². The van der Waals surface area contributed by atoms with Gasteiger partial charge in [0.15, 0.2) is 0 Å². The van der Waals surface area contributed by atoms with Gasteiger partial charge in [0.1, 0.15) is 0 Å². The molecule has 0 aliphatic heterocycles. The van der Waals surface area contributed by atoms with Crippen LogP contribution in [0.2, 0.25) is 0 Å². The van der Waals surface area contributed by atoms with Gasteiger partial charge in [0, 0.05) is 12.5 Å². The van der Waals surface area contributed by atoms with E-state index in [1.807, 2.05) is 12.1 Å². The molecule has 3 N–H and O–H groups in total. The second-order valence-corrected chi connectivity index (χ2v) is 5.41. The summed E-state index contributed by atoms with van der Waals surface area (Å²) in [5.74, 6) is -0.799. The molecule has 3 heteroatoms. The number of hydrogen-bond donors (Lipinski definition) is 2. The molecule has 94 valence electrons. The maximum absolute atomic E-state index is 10.5. The van der Waals surface area contributed by atoms with E-state index in [0.717, 1.165) is 5.56 Å². The Kier molecular flexibility index (Phi) is 4.29. The van der Waals surface area contributed by atoms with Gasteiger partial charge in [0.2, 0.25) is 0 Å². The Morgan fingerprint density at radius 3 is 2.24 bits per heavy atom. The smallest absolute Gasteiger partial charge is 0.303 e. The summed E-state index contributed by atoms with van der Waals surface area (Å²) < 4.78 is 0. The van der Waals surface area contributed by atoms with E-state index in [1.165, 1.54) is 5.56 Å². The van der Waals surface area contributed by atoms with Crippen molar-refractivity contribution in [2.45, 2.75) is 45.1 Å². The molecule has 1 rings (SSSR count). The van der Waals surface area contributed by atoms with Crippen LogP contribution in [0.5, 0.6) is 0 Å². The zero-order valence-electron chi connectivity index (χ0n) is 10.7. The van der Waals surface area contributed by atoms with Crippen molar-refractivity contribution in [3.8, 4) is 0 Å². The predicted molar refractivity (Wildman–Crippen MR) is 68.9 cm³/mol. The SMILES string of the molecule is CC(C)(C)c1ccc(C(N)CCC(=O)O)cc1. The van der Waals surface area contributed by atoms with Gasteiger partial charge in [-0.1, -0.05) is 45.0 Å². The largest absolute Gasteiger partial charge is 0.481 e. The van der Waals surface area contributed by atoms with E-state index in [-0.39, 0.29) is 17.9 Å². The third-order valence-electron chi connectivity index (χ3n) is 2.87. The van der Waals surface area contributed by atoms with Gasteiger partial charge in [-0.05, 0) is 23.0 Å². The molecule has 0 fully saturated rings. The normalized spacial score (nSPS) is 13.4. The fourth-order valence-electron chi connectivity index (χ4n) is 1.68. The number of carboxylic acid groups (broad SMARTS) is 1. The molecule has 0 bridgehead atoms. The van der Waals surface area contributed by atoms with Gasteiger partial charge in [0.25, 0.3) is 0 Å². The molecule has 0 saturated heterocycles. The molecule has 0 amide bonds. The minimum Gasteiger partial charge on any atom is -0.481 e. The maximum Gasteiger partial charge on any atom is 0.303 e. The van der Waals surface area contributed by atoms with Gasteiger partial charge < -0.3 is 10.8 Å². The molecule has 0 aliphatic carbocycles. The fraction of sp³-hybridized carbons (Fsp3) is 0.500. The quantitative estimate of drug-likeness (QED) is 0.843. The highest BCUT2D eigenvalue weighted by atomic mass is 16.4. The van der Waals surface area contributed by atoms with Crippen molar-refractivity contribution in [2.75, 3.05) is 0 Å². The Bertz CT molecular complexity index is 376. The zero-order chi connectivity index (χ0) is 13.1. The van der Waals surface area contributed by atoms with Gasteiger partial charge in [-0.25, -0.2) is 0 Å². The molecule has 1 unspecified atom stereocenters. The fourth-order valence-corrected chi connectivity index (χ4v) is 1.68. The first kappa shape index (κ1) is 13.7. The van der Waals surface area contributed by atoms with Gasteiger partial charge >= 0.3 is 5.97 Å². The lowest BCUT2D eigenvalue weighted by molar-refractivity contribution is -0.137. The monoisotopic (exact) mass is 235 g/mol. The highest BCUT2D eigenvalue weighted by molar-refractivity contribution is 5.66. The third-order valence-corrected chi connectivity index (χ3v) is 2.87. The number of nitrogens with two attached hydrogens (primary N) is 1. The van der Waals surface area contributed by atoms with Crippen LogP contribution in [0.1, 0.15) is 50.8 Å². The van der Waals surface area contributed by atoms with Gasteiger partial charge in [0.05, 0.1) is 0 Å². The summed E-state index contributed by atoms with van der Waals surface area (Å²) in [6.45, 7) is 6.48.